The second-order valence-corrected chi connectivity index (χ2v) is 7.15. The molecule has 1 aliphatic heterocycles. The average molecular weight is 384 g/mol. The van der Waals surface area contributed by atoms with Crippen molar-refractivity contribution in [2.45, 2.75) is 18.4 Å². The lowest BCUT2D eigenvalue weighted by Gasteiger charge is -2.38. The van der Waals surface area contributed by atoms with E-state index in [2.05, 4.69) is 5.32 Å². The molecule has 0 aliphatic carbocycles. The van der Waals surface area contributed by atoms with Crippen LogP contribution in [0, 0.1) is 0 Å². The van der Waals surface area contributed by atoms with E-state index in [0.29, 0.717) is 26.1 Å². The number of hydrogen-bond acceptors (Lipinski definition) is 5. The summed E-state index contributed by atoms with van der Waals surface area (Å²) < 4.78 is 11.3. The van der Waals surface area contributed by atoms with E-state index < -0.39 is 5.60 Å². The lowest BCUT2D eigenvalue weighted by molar-refractivity contribution is -0.124. The molecule has 0 saturated carbocycles. The minimum atomic E-state index is -0.940. The molecule has 150 valence electrons. The monoisotopic (exact) mass is 384 g/mol. The van der Waals surface area contributed by atoms with Gasteiger partial charge in [-0.2, -0.15) is 0 Å². The second-order valence-electron chi connectivity index (χ2n) is 7.15. The SMILES string of the molecule is O=C(CN1CCC[C@@](O)(COc2ccccc2)C1)NCCOc1ccccc1. The molecular formula is C22H28N2O4. The number of hydrogen-bond donors (Lipinski definition) is 2. The molecule has 3 rings (SSSR count). The van der Waals surface area contributed by atoms with Crippen LogP contribution in [-0.4, -0.2) is 60.9 Å². The van der Waals surface area contributed by atoms with Gasteiger partial charge in [0.1, 0.15) is 30.3 Å². The number of rotatable bonds is 9. The summed E-state index contributed by atoms with van der Waals surface area (Å²) in [7, 11) is 0. The molecule has 0 aromatic heterocycles. The van der Waals surface area contributed by atoms with Crippen molar-refractivity contribution in [2.24, 2.45) is 0 Å². The number of likely N-dealkylation sites (tertiary alicyclic amines) is 1. The first-order valence-corrected chi connectivity index (χ1v) is 9.70. The van der Waals surface area contributed by atoms with E-state index >= 15 is 0 Å². The third-order valence-electron chi connectivity index (χ3n) is 4.69. The lowest BCUT2D eigenvalue weighted by atomic mass is 9.93. The molecule has 0 radical (unpaired) electrons. The Labute approximate surface area is 166 Å². The number of aliphatic hydroxyl groups is 1. The Morgan fingerprint density at radius 2 is 1.68 bits per heavy atom. The van der Waals surface area contributed by atoms with E-state index in [1.807, 2.05) is 65.6 Å². The smallest absolute Gasteiger partial charge is 0.234 e. The van der Waals surface area contributed by atoms with Crippen molar-refractivity contribution in [3.63, 3.8) is 0 Å². The molecule has 1 amide bonds. The molecule has 1 aliphatic rings. The Hall–Kier alpha value is -2.57. The Kier molecular flexibility index (Phi) is 7.28. The Bertz CT molecular complexity index is 726. The summed E-state index contributed by atoms with van der Waals surface area (Å²) >= 11 is 0. The van der Waals surface area contributed by atoms with Crippen molar-refractivity contribution < 1.29 is 19.4 Å². The van der Waals surface area contributed by atoms with E-state index in [0.717, 1.165) is 24.5 Å². The maximum Gasteiger partial charge on any atom is 0.234 e. The minimum absolute atomic E-state index is 0.0649. The molecule has 6 nitrogen and oxygen atoms in total. The first-order chi connectivity index (χ1) is 13.6. The van der Waals surface area contributed by atoms with E-state index in [-0.39, 0.29) is 19.1 Å². The third-order valence-corrected chi connectivity index (χ3v) is 4.69. The molecule has 6 heteroatoms. The van der Waals surface area contributed by atoms with E-state index in [1.165, 1.54) is 0 Å². The predicted molar refractivity (Wildman–Crippen MR) is 108 cm³/mol. The van der Waals surface area contributed by atoms with Gasteiger partial charge in [0, 0.05) is 6.54 Å². The molecule has 1 heterocycles. The van der Waals surface area contributed by atoms with Crippen LogP contribution in [0.2, 0.25) is 0 Å². The second kappa shape index (κ2) is 10.1. The van der Waals surface area contributed by atoms with Crippen LogP contribution in [0.15, 0.2) is 60.7 Å². The Morgan fingerprint density at radius 1 is 1.04 bits per heavy atom. The van der Waals surface area contributed by atoms with Crippen molar-refractivity contribution >= 4 is 5.91 Å². The van der Waals surface area contributed by atoms with Gasteiger partial charge >= 0.3 is 0 Å². The average Bonchev–Trinajstić information content (AvgIpc) is 2.71. The van der Waals surface area contributed by atoms with Crippen LogP contribution < -0.4 is 14.8 Å². The Balaban J connectivity index is 1.37. The zero-order chi connectivity index (χ0) is 19.7. The van der Waals surface area contributed by atoms with Crippen molar-refractivity contribution in [1.82, 2.24) is 10.2 Å². The van der Waals surface area contributed by atoms with Crippen LogP contribution in [0.3, 0.4) is 0 Å². The zero-order valence-corrected chi connectivity index (χ0v) is 16.0. The van der Waals surface area contributed by atoms with Gasteiger partial charge in [-0.25, -0.2) is 0 Å². The van der Waals surface area contributed by atoms with Gasteiger partial charge in [-0.3, -0.25) is 9.69 Å². The van der Waals surface area contributed by atoms with Crippen molar-refractivity contribution in [2.75, 3.05) is 39.4 Å². The predicted octanol–water partition coefficient (Wildman–Crippen LogP) is 2.09. The van der Waals surface area contributed by atoms with Gasteiger partial charge in [0.05, 0.1) is 13.1 Å². The molecule has 28 heavy (non-hydrogen) atoms. The highest BCUT2D eigenvalue weighted by Gasteiger charge is 2.34. The van der Waals surface area contributed by atoms with E-state index in [1.54, 1.807) is 0 Å². The topological polar surface area (TPSA) is 71.0 Å². The number of carbonyl (C=O) groups is 1. The molecule has 0 spiro atoms. The van der Waals surface area contributed by atoms with Crippen LogP contribution in [-0.2, 0) is 4.79 Å². The van der Waals surface area contributed by atoms with Crippen LogP contribution in [0.25, 0.3) is 0 Å². The minimum Gasteiger partial charge on any atom is -0.492 e. The normalized spacial score (nSPS) is 19.8. The molecule has 0 bridgehead atoms. The van der Waals surface area contributed by atoms with Crippen molar-refractivity contribution in [3.8, 4) is 11.5 Å². The van der Waals surface area contributed by atoms with E-state index in [9.17, 15) is 9.90 Å². The number of carbonyl (C=O) groups excluding carboxylic acids is 1. The number of amides is 1. The van der Waals surface area contributed by atoms with Gasteiger partial charge in [0.15, 0.2) is 0 Å². The molecule has 1 saturated heterocycles. The molecule has 1 atom stereocenters. The van der Waals surface area contributed by atoms with Gasteiger partial charge in [-0.1, -0.05) is 36.4 Å². The first-order valence-electron chi connectivity index (χ1n) is 9.70. The van der Waals surface area contributed by atoms with Gasteiger partial charge in [0.2, 0.25) is 5.91 Å². The summed E-state index contributed by atoms with van der Waals surface area (Å²) in [5, 5.41) is 13.7. The molecule has 2 aromatic carbocycles. The largest absolute Gasteiger partial charge is 0.492 e. The fourth-order valence-electron chi connectivity index (χ4n) is 3.33. The summed E-state index contributed by atoms with van der Waals surface area (Å²) in [5.41, 5.74) is -0.940. The van der Waals surface area contributed by atoms with Gasteiger partial charge in [0.25, 0.3) is 0 Å². The highest BCUT2D eigenvalue weighted by Crippen LogP contribution is 2.22. The number of β-amino-alcohol motifs (C(OH)–C–C–N with tert-alkyl or cyclic N) is 1. The number of benzene rings is 2. The standard InChI is InChI=1S/C22H28N2O4/c25-21(23-13-15-27-19-8-3-1-4-9-19)16-24-14-7-12-22(26,17-24)18-28-20-10-5-2-6-11-20/h1-6,8-11,26H,7,12-18H2,(H,23,25)/t22-/m0/s1. The lowest BCUT2D eigenvalue weighted by Crippen LogP contribution is -2.53. The van der Waals surface area contributed by atoms with Gasteiger partial charge in [-0.15, -0.1) is 0 Å². The fraction of sp³-hybridized carbons (Fsp3) is 0.409. The number of para-hydroxylation sites is 2. The highest BCUT2D eigenvalue weighted by molar-refractivity contribution is 5.78. The molecule has 2 aromatic rings. The molecule has 1 fully saturated rings. The Morgan fingerprint density at radius 3 is 2.36 bits per heavy atom. The number of ether oxygens (including phenoxy) is 2. The zero-order valence-electron chi connectivity index (χ0n) is 16.0. The number of nitrogens with zero attached hydrogens (tertiary/aromatic N) is 1. The number of nitrogens with one attached hydrogen (secondary N) is 1. The fourth-order valence-corrected chi connectivity index (χ4v) is 3.33. The summed E-state index contributed by atoms with van der Waals surface area (Å²) in [5.74, 6) is 1.46. The maximum atomic E-state index is 12.2. The summed E-state index contributed by atoms with van der Waals surface area (Å²) in [4.78, 5) is 14.2. The van der Waals surface area contributed by atoms with E-state index in [4.69, 9.17) is 9.47 Å². The summed E-state index contributed by atoms with van der Waals surface area (Å²) in [6, 6.07) is 19.0. The highest BCUT2D eigenvalue weighted by atomic mass is 16.5. The quantitative estimate of drug-likeness (QED) is 0.648. The van der Waals surface area contributed by atoms with Crippen LogP contribution in [0.1, 0.15) is 12.8 Å². The van der Waals surface area contributed by atoms with Crippen molar-refractivity contribution in [1.29, 1.82) is 0 Å². The van der Waals surface area contributed by atoms with Gasteiger partial charge < -0.3 is 19.9 Å². The summed E-state index contributed by atoms with van der Waals surface area (Å²) in [6.07, 6.45) is 1.50. The van der Waals surface area contributed by atoms with Gasteiger partial charge in [-0.05, 0) is 43.7 Å². The molecular weight excluding hydrogens is 356 g/mol. The van der Waals surface area contributed by atoms with Crippen LogP contribution in [0.4, 0.5) is 0 Å². The number of piperidine rings is 1. The van der Waals surface area contributed by atoms with Crippen LogP contribution >= 0.6 is 0 Å². The first kappa shape index (κ1) is 20.2. The molecule has 0 unspecified atom stereocenters. The molecule has 2 N–H and O–H groups in total. The van der Waals surface area contributed by atoms with Crippen LogP contribution in [0.5, 0.6) is 11.5 Å². The summed E-state index contributed by atoms with van der Waals surface area (Å²) in [6.45, 7) is 2.57. The maximum absolute atomic E-state index is 12.2. The van der Waals surface area contributed by atoms with Crippen molar-refractivity contribution in [3.05, 3.63) is 60.7 Å². The third kappa shape index (κ3) is 6.55.